The number of benzene rings is 1. The van der Waals surface area contributed by atoms with Crippen molar-refractivity contribution < 1.29 is 23.7 Å². The SMILES string of the molecule is COc1cc2ncc(Oc3cnc(NC(=O)OC(C)(C)C)nc3)c(Cl)c2cc1OC. The average Bonchev–Trinajstić information content (AvgIpc) is 2.69. The number of fused-ring (bicyclic) bond motifs is 1. The number of halogens is 1. The number of amides is 1. The third-order valence-electron chi connectivity index (χ3n) is 3.74. The quantitative estimate of drug-likeness (QED) is 0.610. The Balaban J connectivity index is 1.79. The molecule has 0 fully saturated rings. The van der Waals surface area contributed by atoms with E-state index in [0.717, 1.165) is 0 Å². The first-order valence-electron chi connectivity index (χ1n) is 8.90. The number of methoxy groups -OCH3 is 2. The molecule has 9 nitrogen and oxygen atoms in total. The molecule has 1 aromatic carbocycles. The summed E-state index contributed by atoms with van der Waals surface area (Å²) in [5.74, 6) is 1.77. The summed E-state index contributed by atoms with van der Waals surface area (Å²) in [6, 6.07) is 3.45. The van der Waals surface area contributed by atoms with E-state index in [1.807, 2.05) is 0 Å². The Bertz CT molecular complexity index is 1070. The van der Waals surface area contributed by atoms with Crippen molar-refractivity contribution in [2.24, 2.45) is 0 Å². The summed E-state index contributed by atoms with van der Waals surface area (Å²) >= 11 is 6.50. The van der Waals surface area contributed by atoms with Crippen LogP contribution in [-0.4, -0.2) is 40.9 Å². The molecule has 0 atom stereocenters. The maximum absolute atomic E-state index is 11.8. The summed E-state index contributed by atoms with van der Waals surface area (Å²) in [6.45, 7) is 5.28. The van der Waals surface area contributed by atoms with Crippen molar-refractivity contribution in [1.29, 1.82) is 0 Å². The molecule has 1 amide bonds. The lowest BCUT2D eigenvalue weighted by Crippen LogP contribution is -2.27. The van der Waals surface area contributed by atoms with Gasteiger partial charge in [0.2, 0.25) is 5.95 Å². The molecule has 0 unspecified atom stereocenters. The van der Waals surface area contributed by atoms with Crippen molar-refractivity contribution >= 4 is 34.5 Å². The fourth-order valence-electron chi connectivity index (χ4n) is 2.49. The van der Waals surface area contributed by atoms with Crippen LogP contribution >= 0.6 is 11.6 Å². The Morgan fingerprint density at radius 2 is 1.60 bits per heavy atom. The summed E-state index contributed by atoms with van der Waals surface area (Å²) in [5.41, 5.74) is -0.00204. The molecule has 2 heterocycles. The van der Waals surface area contributed by atoms with Gasteiger partial charge in [0.25, 0.3) is 0 Å². The molecule has 0 saturated heterocycles. The maximum atomic E-state index is 11.8. The number of aromatic nitrogens is 3. The minimum absolute atomic E-state index is 0.0798. The second kappa shape index (κ2) is 8.58. The van der Waals surface area contributed by atoms with Gasteiger partial charge in [0.05, 0.1) is 43.3 Å². The van der Waals surface area contributed by atoms with E-state index in [-0.39, 0.29) is 5.95 Å². The Hall–Kier alpha value is -3.33. The van der Waals surface area contributed by atoms with E-state index in [1.54, 1.807) is 40.0 Å². The molecule has 0 saturated carbocycles. The number of carbonyl (C=O) groups is 1. The van der Waals surface area contributed by atoms with E-state index in [0.29, 0.717) is 38.9 Å². The third kappa shape index (κ3) is 4.98. The highest BCUT2D eigenvalue weighted by molar-refractivity contribution is 6.36. The number of nitrogens with one attached hydrogen (secondary N) is 1. The predicted molar refractivity (Wildman–Crippen MR) is 112 cm³/mol. The van der Waals surface area contributed by atoms with Crippen LogP contribution < -0.4 is 19.5 Å². The van der Waals surface area contributed by atoms with Crippen LogP contribution in [0.25, 0.3) is 10.9 Å². The Morgan fingerprint density at radius 3 is 2.20 bits per heavy atom. The first-order valence-corrected chi connectivity index (χ1v) is 9.28. The molecule has 3 rings (SSSR count). The van der Waals surface area contributed by atoms with E-state index in [4.69, 9.17) is 30.5 Å². The van der Waals surface area contributed by atoms with Crippen LogP contribution in [0.2, 0.25) is 5.02 Å². The molecule has 0 spiro atoms. The molecule has 30 heavy (non-hydrogen) atoms. The number of pyridine rings is 1. The normalized spacial score (nSPS) is 11.1. The van der Waals surface area contributed by atoms with Crippen molar-refractivity contribution in [2.75, 3.05) is 19.5 Å². The molecule has 1 N–H and O–H groups in total. The summed E-state index contributed by atoms with van der Waals surface area (Å²) < 4.78 is 21.5. The summed E-state index contributed by atoms with van der Waals surface area (Å²) in [4.78, 5) is 24.2. The zero-order chi connectivity index (χ0) is 21.9. The van der Waals surface area contributed by atoms with Crippen molar-refractivity contribution in [2.45, 2.75) is 26.4 Å². The largest absolute Gasteiger partial charge is 0.493 e. The first kappa shape index (κ1) is 21.4. The fraction of sp³-hybridized carbons (Fsp3) is 0.300. The second-order valence-corrected chi connectivity index (χ2v) is 7.51. The lowest BCUT2D eigenvalue weighted by Gasteiger charge is -2.19. The van der Waals surface area contributed by atoms with E-state index in [9.17, 15) is 4.79 Å². The summed E-state index contributed by atoms with van der Waals surface area (Å²) in [6.07, 6.45) is 3.63. The topological polar surface area (TPSA) is 105 Å². The number of carbonyl (C=O) groups excluding carboxylic acids is 1. The van der Waals surface area contributed by atoms with Crippen molar-refractivity contribution in [3.8, 4) is 23.0 Å². The molecular weight excluding hydrogens is 412 g/mol. The van der Waals surface area contributed by atoms with Crippen LogP contribution in [0.15, 0.2) is 30.7 Å². The van der Waals surface area contributed by atoms with Crippen LogP contribution in [-0.2, 0) is 4.74 Å². The molecule has 10 heteroatoms. The zero-order valence-corrected chi connectivity index (χ0v) is 17.9. The molecule has 0 bridgehead atoms. The molecule has 158 valence electrons. The lowest BCUT2D eigenvalue weighted by atomic mass is 10.2. The number of ether oxygens (including phenoxy) is 4. The molecule has 3 aromatic rings. The van der Waals surface area contributed by atoms with Gasteiger partial charge in [-0.05, 0) is 26.8 Å². The molecule has 0 aliphatic heterocycles. The number of hydrogen-bond acceptors (Lipinski definition) is 8. The van der Waals surface area contributed by atoms with Crippen LogP contribution in [0, 0.1) is 0 Å². The molecule has 0 radical (unpaired) electrons. The lowest BCUT2D eigenvalue weighted by molar-refractivity contribution is 0.0634. The van der Waals surface area contributed by atoms with Crippen molar-refractivity contribution in [3.05, 3.63) is 35.7 Å². The number of nitrogens with zero attached hydrogens (tertiary/aromatic N) is 3. The Morgan fingerprint density at radius 1 is 0.967 bits per heavy atom. The van der Waals surface area contributed by atoms with Crippen LogP contribution in [0.4, 0.5) is 10.7 Å². The highest BCUT2D eigenvalue weighted by Gasteiger charge is 2.17. The van der Waals surface area contributed by atoms with E-state index < -0.39 is 11.7 Å². The standard InChI is InChI=1S/C20H21ClN4O5/c1-20(2,3)30-19(26)25-18-23-8-11(9-24-18)29-16-10-22-13-7-15(28-5)14(27-4)6-12(13)17(16)21/h6-10H,1-5H3,(H,23,24,25,26). The van der Waals surface area contributed by atoms with Gasteiger partial charge in [-0.25, -0.2) is 14.8 Å². The molecule has 0 aliphatic carbocycles. The maximum Gasteiger partial charge on any atom is 0.414 e. The predicted octanol–water partition coefficient (Wildman–Crippen LogP) is 4.83. The molecular formula is C20H21ClN4O5. The van der Waals surface area contributed by atoms with Gasteiger partial charge in [-0.15, -0.1) is 0 Å². The highest BCUT2D eigenvalue weighted by Crippen LogP contribution is 2.39. The van der Waals surface area contributed by atoms with E-state index in [2.05, 4.69) is 20.3 Å². The van der Waals surface area contributed by atoms with E-state index in [1.165, 1.54) is 25.7 Å². The van der Waals surface area contributed by atoms with Gasteiger partial charge in [0.1, 0.15) is 5.60 Å². The van der Waals surface area contributed by atoms with Gasteiger partial charge in [0.15, 0.2) is 23.0 Å². The Labute approximate surface area is 178 Å². The highest BCUT2D eigenvalue weighted by atomic mass is 35.5. The monoisotopic (exact) mass is 432 g/mol. The zero-order valence-electron chi connectivity index (χ0n) is 17.1. The van der Waals surface area contributed by atoms with Gasteiger partial charge in [-0.3, -0.25) is 10.3 Å². The van der Waals surface area contributed by atoms with Gasteiger partial charge in [-0.1, -0.05) is 11.6 Å². The molecule has 0 aliphatic rings. The fourth-order valence-corrected chi connectivity index (χ4v) is 2.73. The van der Waals surface area contributed by atoms with Crippen molar-refractivity contribution in [3.63, 3.8) is 0 Å². The van der Waals surface area contributed by atoms with Gasteiger partial charge >= 0.3 is 6.09 Å². The smallest absolute Gasteiger partial charge is 0.414 e. The van der Waals surface area contributed by atoms with Gasteiger partial charge < -0.3 is 18.9 Å². The third-order valence-corrected chi connectivity index (χ3v) is 4.13. The Kier molecular flexibility index (Phi) is 6.12. The first-order chi connectivity index (χ1) is 14.2. The minimum Gasteiger partial charge on any atom is -0.493 e. The number of anilines is 1. The van der Waals surface area contributed by atoms with Crippen LogP contribution in [0.3, 0.4) is 0 Å². The summed E-state index contributed by atoms with van der Waals surface area (Å²) in [7, 11) is 3.08. The number of hydrogen-bond donors (Lipinski definition) is 1. The van der Waals surface area contributed by atoms with Crippen LogP contribution in [0.5, 0.6) is 23.0 Å². The average molecular weight is 433 g/mol. The second-order valence-electron chi connectivity index (χ2n) is 7.13. The number of rotatable bonds is 5. The minimum atomic E-state index is -0.651. The van der Waals surface area contributed by atoms with Crippen molar-refractivity contribution in [1.82, 2.24) is 15.0 Å². The van der Waals surface area contributed by atoms with E-state index >= 15 is 0 Å². The summed E-state index contributed by atoms with van der Waals surface area (Å²) in [5, 5.41) is 3.42. The molecule has 2 aromatic heterocycles. The van der Waals surface area contributed by atoms with Gasteiger partial charge in [-0.2, -0.15) is 0 Å². The van der Waals surface area contributed by atoms with Crippen LogP contribution in [0.1, 0.15) is 20.8 Å². The van der Waals surface area contributed by atoms with Gasteiger partial charge in [0, 0.05) is 11.5 Å².